The molecule has 160 valence electrons. The predicted octanol–water partition coefficient (Wildman–Crippen LogP) is 6.24. The lowest BCUT2D eigenvalue weighted by atomic mass is 9.87. The lowest BCUT2D eigenvalue weighted by Gasteiger charge is -2.19. The zero-order chi connectivity index (χ0) is 22.2. The molecule has 0 unspecified atom stereocenters. The van der Waals surface area contributed by atoms with E-state index >= 15 is 0 Å². The molecule has 2 heterocycles. The third-order valence-electron chi connectivity index (χ3n) is 5.72. The molecule has 2 aromatic carbocycles. The molecule has 0 aliphatic carbocycles. The van der Waals surface area contributed by atoms with Crippen LogP contribution in [0.2, 0.25) is 0 Å². The zero-order valence-electron chi connectivity index (χ0n) is 19.0. The minimum absolute atomic E-state index is 0.0497. The zero-order valence-corrected chi connectivity index (χ0v) is 19.0. The van der Waals surface area contributed by atoms with Gasteiger partial charge in [-0.15, -0.1) is 0 Å². The average molecular weight is 415 g/mol. The van der Waals surface area contributed by atoms with E-state index in [-0.39, 0.29) is 11.3 Å². The summed E-state index contributed by atoms with van der Waals surface area (Å²) in [4.78, 5) is 17.9. The number of carbonyl (C=O) groups excluding carboxylic acids is 1. The summed E-state index contributed by atoms with van der Waals surface area (Å²) in [6.07, 6.45) is 2.07. The maximum absolute atomic E-state index is 13.0. The van der Waals surface area contributed by atoms with Crippen molar-refractivity contribution in [1.29, 1.82) is 0 Å². The molecule has 0 aliphatic heterocycles. The fourth-order valence-electron chi connectivity index (χ4n) is 3.79. The third kappa shape index (κ3) is 4.18. The van der Waals surface area contributed by atoms with Gasteiger partial charge in [0.25, 0.3) is 5.91 Å². The van der Waals surface area contributed by atoms with Crippen LogP contribution in [0.1, 0.15) is 62.0 Å². The first-order valence-corrected chi connectivity index (χ1v) is 11.0. The van der Waals surface area contributed by atoms with Crippen molar-refractivity contribution >= 4 is 33.7 Å². The number of benzene rings is 2. The number of unbranched alkanes of at least 4 members (excludes halogenated alkanes) is 1. The van der Waals surface area contributed by atoms with Gasteiger partial charge in [0.15, 0.2) is 11.5 Å². The first-order chi connectivity index (χ1) is 14.8. The minimum Gasteiger partial charge on any atom is -0.305 e. The smallest absolute Gasteiger partial charge is 0.256 e. The maximum atomic E-state index is 13.0. The van der Waals surface area contributed by atoms with Crippen LogP contribution in [-0.2, 0) is 12.0 Å². The highest BCUT2D eigenvalue weighted by molar-refractivity contribution is 6.09. The molecule has 0 fully saturated rings. The van der Waals surface area contributed by atoms with E-state index < -0.39 is 0 Å². The molecular weight excluding hydrogens is 384 g/mol. The van der Waals surface area contributed by atoms with Gasteiger partial charge < -0.3 is 5.32 Å². The van der Waals surface area contributed by atoms with E-state index in [9.17, 15) is 4.79 Å². The molecule has 0 bridgehead atoms. The van der Waals surface area contributed by atoms with Crippen molar-refractivity contribution in [2.24, 2.45) is 0 Å². The first-order valence-electron chi connectivity index (χ1n) is 11.0. The molecule has 1 amide bonds. The van der Waals surface area contributed by atoms with Gasteiger partial charge in [-0.1, -0.05) is 64.4 Å². The predicted molar refractivity (Wildman–Crippen MR) is 128 cm³/mol. The third-order valence-corrected chi connectivity index (χ3v) is 5.72. The Kier molecular flexibility index (Phi) is 5.52. The van der Waals surface area contributed by atoms with E-state index in [0.717, 1.165) is 46.9 Å². The van der Waals surface area contributed by atoms with Gasteiger partial charge in [0.1, 0.15) is 0 Å². The molecule has 4 aromatic rings. The fraction of sp³-hybridized carbons (Fsp3) is 0.346. The number of hydrogen-bond donors (Lipinski definition) is 1. The molecule has 0 radical (unpaired) electrons. The molecule has 31 heavy (non-hydrogen) atoms. The van der Waals surface area contributed by atoms with E-state index in [4.69, 9.17) is 10.1 Å². The lowest BCUT2D eigenvalue weighted by molar-refractivity contribution is 0.102. The summed E-state index contributed by atoms with van der Waals surface area (Å²) in [7, 11) is 0. The maximum Gasteiger partial charge on any atom is 0.256 e. The topological polar surface area (TPSA) is 59.8 Å². The van der Waals surface area contributed by atoms with Crippen molar-refractivity contribution in [2.75, 3.05) is 5.32 Å². The molecule has 1 N–H and O–H groups in total. The van der Waals surface area contributed by atoms with Crippen molar-refractivity contribution < 1.29 is 4.79 Å². The highest BCUT2D eigenvalue weighted by Gasteiger charge is 2.18. The number of aryl methyl sites for hydroxylation is 2. The van der Waals surface area contributed by atoms with E-state index in [1.54, 1.807) is 0 Å². The molecule has 0 saturated carbocycles. The number of nitrogens with one attached hydrogen (secondary N) is 1. The number of nitrogens with zero attached hydrogens (tertiary/aromatic N) is 3. The summed E-state index contributed by atoms with van der Waals surface area (Å²) >= 11 is 0. The van der Waals surface area contributed by atoms with Crippen molar-refractivity contribution in [1.82, 2.24) is 14.8 Å². The largest absolute Gasteiger partial charge is 0.305 e. The second kappa shape index (κ2) is 8.14. The number of rotatable bonds is 5. The first kappa shape index (κ1) is 21.0. The van der Waals surface area contributed by atoms with Crippen LogP contribution < -0.4 is 5.32 Å². The van der Waals surface area contributed by atoms with Gasteiger partial charge >= 0.3 is 0 Å². The molecule has 0 spiro atoms. The summed E-state index contributed by atoms with van der Waals surface area (Å²) in [5, 5.41) is 9.67. The quantitative estimate of drug-likeness (QED) is 0.420. The average Bonchev–Trinajstić information content (AvgIpc) is 3.07. The van der Waals surface area contributed by atoms with Gasteiger partial charge in [0, 0.05) is 17.5 Å². The highest BCUT2D eigenvalue weighted by atomic mass is 16.1. The van der Waals surface area contributed by atoms with Crippen LogP contribution in [0.3, 0.4) is 0 Å². The number of para-hydroxylation sites is 1. The summed E-state index contributed by atoms with van der Waals surface area (Å²) in [6, 6.07) is 16.0. The van der Waals surface area contributed by atoms with E-state index in [1.807, 2.05) is 35.0 Å². The summed E-state index contributed by atoms with van der Waals surface area (Å²) in [5.41, 5.74) is 4.79. The second-order valence-electron chi connectivity index (χ2n) is 9.21. The van der Waals surface area contributed by atoms with E-state index in [1.165, 1.54) is 5.56 Å². The van der Waals surface area contributed by atoms with Crippen LogP contribution in [0.5, 0.6) is 0 Å². The fourth-order valence-corrected chi connectivity index (χ4v) is 3.79. The Morgan fingerprint density at radius 2 is 1.84 bits per heavy atom. The molecule has 2 aromatic heterocycles. The Balaban J connectivity index is 1.73. The summed E-state index contributed by atoms with van der Waals surface area (Å²) in [5.74, 6) is 0.402. The highest BCUT2D eigenvalue weighted by Crippen LogP contribution is 2.28. The van der Waals surface area contributed by atoms with Crippen LogP contribution >= 0.6 is 0 Å². The molecule has 4 rings (SSSR count). The number of carbonyl (C=O) groups is 1. The van der Waals surface area contributed by atoms with Gasteiger partial charge in [0.2, 0.25) is 0 Å². The van der Waals surface area contributed by atoms with Crippen LogP contribution in [0.4, 0.5) is 5.82 Å². The van der Waals surface area contributed by atoms with Crippen LogP contribution in [0.15, 0.2) is 48.5 Å². The Morgan fingerprint density at radius 3 is 2.52 bits per heavy atom. The van der Waals surface area contributed by atoms with E-state index in [0.29, 0.717) is 11.4 Å². The van der Waals surface area contributed by atoms with Crippen molar-refractivity contribution in [2.45, 2.75) is 59.4 Å². The molecule has 5 nitrogen and oxygen atoms in total. The number of hydrogen-bond acceptors (Lipinski definition) is 3. The molecule has 5 heteroatoms. The monoisotopic (exact) mass is 414 g/mol. The van der Waals surface area contributed by atoms with Gasteiger partial charge in [-0.2, -0.15) is 5.10 Å². The normalized spacial score (nSPS) is 11.9. The van der Waals surface area contributed by atoms with Crippen LogP contribution in [-0.4, -0.2) is 20.7 Å². The Morgan fingerprint density at radius 1 is 1.10 bits per heavy atom. The van der Waals surface area contributed by atoms with Crippen LogP contribution in [0, 0.1) is 6.92 Å². The molecular formula is C26H30N4O. The lowest BCUT2D eigenvalue weighted by Crippen LogP contribution is -2.15. The summed E-state index contributed by atoms with van der Waals surface area (Å²) in [6.45, 7) is 11.5. The van der Waals surface area contributed by atoms with Gasteiger partial charge in [0.05, 0.1) is 10.9 Å². The molecule has 0 atom stereocenters. The molecule has 0 aliphatic rings. The summed E-state index contributed by atoms with van der Waals surface area (Å²) < 4.78 is 1.92. The second-order valence-corrected chi connectivity index (χ2v) is 9.21. The van der Waals surface area contributed by atoms with Gasteiger partial charge in [-0.05, 0) is 48.1 Å². The number of pyridine rings is 1. The number of fused-ring (bicyclic) bond motifs is 2. The van der Waals surface area contributed by atoms with Crippen LogP contribution in [0.25, 0.3) is 21.9 Å². The van der Waals surface area contributed by atoms with Gasteiger partial charge in [-0.25, -0.2) is 9.67 Å². The molecule has 0 saturated heterocycles. The minimum atomic E-state index is -0.160. The van der Waals surface area contributed by atoms with Gasteiger partial charge in [-0.3, -0.25) is 4.79 Å². The SMILES string of the molecule is CCCCn1nc(NC(=O)c2ccc(C(C)(C)C)cc2)c2cc3cccc(C)c3nc21. The van der Waals surface area contributed by atoms with E-state index in [2.05, 4.69) is 58.1 Å². The Labute approximate surface area is 183 Å². The Bertz CT molecular complexity index is 1250. The Hall–Kier alpha value is -3.21. The van der Waals surface area contributed by atoms with Crippen molar-refractivity contribution in [3.05, 3.63) is 65.2 Å². The van der Waals surface area contributed by atoms with Crippen molar-refractivity contribution in [3.8, 4) is 0 Å². The standard InChI is InChI=1S/C26H30N4O/c1-6-7-15-30-24-21(16-19-10-8-9-17(2)22(19)27-24)23(29-30)28-25(31)18-11-13-20(14-12-18)26(3,4)5/h8-14,16H,6-7,15H2,1-5H3,(H,28,29,31). The van der Waals surface area contributed by atoms with Crippen molar-refractivity contribution in [3.63, 3.8) is 0 Å². The number of amides is 1. The number of aromatic nitrogens is 3. The number of anilines is 1.